The summed E-state index contributed by atoms with van der Waals surface area (Å²) in [5.74, 6) is -0.868. The number of carbonyl (C=O) groups excluding carboxylic acids is 3. The van der Waals surface area contributed by atoms with Gasteiger partial charge in [-0.3, -0.25) is 19.6 Å². The zero-order chi connectivity index (χ0) is 32.4. The molecule has 0 spiro atoms. The Morgan fingerprint density at radius 3 is 2.61 bits per heavy atom. The van der Waals surface area contributed by atoms with Crippen LogP contribution in [0, 0.1) is 5.82 Å². The average Bonchev–Trinajstić information content (AvgIpc) is 3.72. The minimum absolute atomic E-state index is 0.0542. The van der Waals surface area contributed by atoms with Crippen LogP contribution in [0.25, 0.3) is 0 Å². The maximum Gasteiger partial charge on any atom is 0.338 e. The SMILES string of the molecule is COC(=O)CCc1ccc(N2CC3CN(CC4=C(C(=O)OC)C(c5ccc(F)cc5Cl)N=C(c5nccs5)N4)CCN3C2=O)cc1. The molecule has 4 heterocycles. The van der Waals surface area contributed by atoms with Crippen molar-refractivity contribution in [1.29, 1.82) is 0 Å². The number of esters is 2. The molecule has 2 atom stereocenters. The van der Waals surface area contributed by atoms with Gasteiger partial charge < -0.3 is 19.7 Å². The lowest BCUT2D eigenvalue weighted by atomic mass is 9.95. The number of hydrogen-bond acceptors (Lipinski definition) is 10. The van der Waals surface area contributed by atoms with Crippen molar-refractivity contribution in [2.75, 3.05) is 51.8 Å². The van der Waals surface area contributed by atoms with Gasteiger partial charge in [0.15, 0.2) is 10.8 Å². The molecule has 2 aromatic carbocycles. The Kier molecular flexibility index (Phi) is 9.34. The molecule has 0 saturated carbocycles. The zero-order valence-electron chi connectivity index (χ0n) is 25.2. The second-order valence-electron chi connectivity index (χ2n) is 11.1. The predicted molar refractivity (Wildman–Crippen MR) is 171 cm³/mol. The Bertz CT molecular complexity index is 1700. The number of ether oxygens (including phenoxy) is 2. The summed E-state index contributed by atoms with van der Waals surface area (Å²) >= 11 is 7.87. The first-order valence-corrected chi connectivity index (χ1v) is 16.0. The summed E-state index contributed by atoms with van der Waals surface area (Å²) in [5, 5.41) is 5.93. The lowest BCUT2D eigenvalue weighted by molar-refractivity contribution is -0.140. The van der Waals surface area contributed by atoms with Gasteiger partial charge in [-0.25, -0.2) is 19.0 Å². The van der Waals surface area contributed by atoms with E-state index < -0.39 is 17.8 Å². The molecule has 0 radical (unpaired) electrons. The van der Waals surface area contributed by atoms with Gasteiger partial charge in [-0.15, -0.1) is 11.3 Å². The molecule has 2 amide bonds. The van der Waals surface area contributed by atoms with Gasteiger partial charge in [0.05, 0.1) is 25.8 Å². The lowest BCUT2D eigenvalue weighted by Gasteiger charge is -2.38. The number of thiazole rings is 1. The molecule has 1 N–H and O–H groups in total. The van der Waals surface area contributed by atoms with E-state index >= 15 is 0 Å². The topological polar surface area (TPSA) is 117 Å². The fourth-order valence-electron chi connectivity index (χ4n) is 6.01. The number of piperazine rings is 1. The molecule has 2 fully saturated rings. The molecule has 46 heavy (non-hydrogen) atoms. The van der Waals surface area contributed by atoms with Gasteiger partial charge >= 0.3 is 18.0 Å². The van der Waals surface area contributed by atoms with Gasteiger partial charge in [0.25, 0.3) is 0 Å². The molecule has 3 aromatic rings. The van der Waals surface area contributed by atoms with Crippen molar-refractivity contribution in [3.8, 4) is 0 Å². The number of amides is 2. The van der Waals surface area contributed by atoms with E-state index in [2.05, 4.69) is 15.2 Å². The summed E-state index contributed by atoms with van der Waals surface area (Å²) in [7, 11) is 2.68. The number of aliphatic imine (C=N–C) groups is 1. The molecule has 0 bridgehead atoms. The van der Waals surface area contributed by atoms with Gasteiger partial charge in [-0.2, -0.15) is 0 Å². The quantitative estimate of drug-likeness (QED) is 0.338. The minimum Gasteiger partial charge on any atom is -0.469 e. The van der Waals surface area contributed by atoms with Crippen molar-refractivity contribution in [2.45, 2.75) is 24.9 Å². The first-order valence-electron chi connectivity index (χ1n) is 14.7. The third-order valence-corrected chi connectivity index (χ3v) is 9.44. The molecule has 2 unspecified atom stereocenters. The highest BCUT2D eigenvalue weighted by Gasteiger charge is 2.42. The number of halogens is 2. The fourth-order valence-corrected chi connectivity index (χ4v) is 6.87. The summed E-state index contributed by atoms with van der Waals surface area (Å²) in [6, 6.07) is 10.7. The van der Waals surface area contributed by atoms with Crippen LogP contribution < -0.4 is 10.2 Å². The van der Waals surface area contributed by atoms with Crippen LogP contribution in [0.4, 0.5) is 14.9 Å². The van der Waals surface area contributed by atoms with Gasteiger partial charge in [0, 0.05) is 72.7 Å². The highest BCUT2D eigenvalue weighted by molar-refractivity contribution is 7.11. The summed E-state index contributed by atoms with van der Waals surface area (Å²) < 4.78 is 23.9. The van der Waals surface area contributed by atoms with Gasteiger partial charge in [0.1, 0.15) is 11.9 Å². The third-order valence-electron chi connectivity index (χ3n) is 8.34. The number of nitrogens with zero attached hydrogens (tertiary/aromatic N) is 5. The van der Waals surface area contributed by atoms with Gasteiger partial charge in [-0.1, -0.05) is 29.8 Å². The molecule has 11 nitrogen and oxygen atoms in total. The first-order chi connectivity index (χ1) is 22.2. The standard InChI is InChI=1S/C32H32ClFN6O5S/c1-44-26(41)10-5-19-3-7-21(8-4-19)40-17-22-16-38(12-13-39(22)32(40)43)18-25-27(31(42)45-2)28(23-9-6-20(34)15-24(23)33)37-29(36-25)30-35-11-14-46-30/h3-4,6-9,11,14-15,22,28H,5,10,12-13,16-18H2,1-2H3,(H,36,37). The van der Waals surface area contributed by atoms with Crippen molar-refractivity contribution in [1.82, 2.24) is 20.1 Å². The maximum absolute atomic E-state index is 14.0. The van der Waals surface area contributed by atoms with E-state index in [0.29, 0.717) is 67.7 Å². The van der Waals surface area contributed by atoms with Crippen LogP contribution in [0.3, 0.4) is 0 Å². The van der Waals surface area contributed by atoms with Gasteiger partial charge in [-0.05, 0) is 36.2 Å². The van der Waals surface area contributed by atoms with Crippen molar-refractivity contribution < 1.29 is 28.2 Å². The minimum atomic E-state index is -0.851. The van der Waals surface area contributed by atoms with Crippen LogP contribution in [0.2, 0.25) is 5.02 Å². The first kappa shape index (κ1) is 31.6. The zero-order valence-corrected chi connectivity index (χ0v) is 26.8. The number of urea groups is 1. The largest absolute Gasteiger partial charge is 0.469 e. The van der Waals surface area contributed by atoms with Crippen molar-refractivity contribution in [3.63, 3.8) is 0 Å². The summed E-state index contributed by atoms with van der Waals surface area (Å²) in [6.07, 6.45) is 2.52. The Balaban J connectivity index is 1.23. The highest BCUT2D eigenvalue weighted by atomic mass is 35.5. The van der Waals surface area contributed by atoms with Gasteiger partial charge in [0.2, 0.25) is 0 Å². The van der Waals surface area contributed by atoms with Crippen LogP contribution >= 0.6 is 22.9 Å². The molecule has 0 aliphatic carbocycles. The van der Waals surface area contributed by atoms with E-state index in [4.69, 9.17) is 26.1 Å². The van der Waals surface area contributed by atoms with E-state index in [1.807, 2.05) is 34.5 Å². The molecular formula is C32H32ClFN6O5S. The number of hydrogen-bond donors (Lipinski definition) is 1. The van der Waals surface area contributed by atoms with E-state index in [-0.39, 0.29) is 28.6 Å². The van der Waals surface area contributed by atoms with Crippen molar-refractivity contribution >= 4 is 52.4 Å². The van der Waals surface area contributed by atoms with E-state index in [1.54, 1.807) is 11.1 Å². The number of nitrogens with one attached hydrogen (secondary N) is 1. The number of fused-ring (bicyclic) bond motifs is 1. The number of aryl methyl sites for hydroxylation is 1. The molecule has 3 aliphatic heterocycles. The molecule has 14 heteroatoms. The van der Waals surface area contributed by atoms with E-state index in [1.165, 1.54) is 43.8 Å². The second-order valence-corrected chi connectivity index (χ2v) is 12.4. The lowest BCUT2D eigenvalue weighted by Crippen LogP contribution is -2.53. The Morgan fingerprint density at radius 2 is 1.91 bits per heavy atom. The fraction of sp³-hybridized carbons (Fsp3) is 0.344. The summed E-state index contributed by atoms with van der Waals surface area (Å²) in [5.41, 5.74) is 3.10. The number of aromatic nitrogens is 1. The van der Waals surface area contributed by atoms with Crippen LogP contribution in [0.15, 0.2) is 70.3 Å². The van der Waals surface area contributed by atoms with Crippen molar-refractivity contribution in [2.24, 2.45) is 4.99 Å². The maximum atomic E-state index is 14.0. The number of carbonyl (C=O) groups is 3. The molecule has 2 saturated heterocycles. The van der Waals surface area contributed by atoms with Crippen LogP contribution in [0.1, 0.15) is 28.6 Å². The second kappa shape index (κ2) is 13.6. The average molecular weight is 667 g/mol. The van der Waals surface area contributed by atoms with Crippen molar-refractivity contribution in [3.05, 3.63) is 92.3 Å². The number of rotatable bonds is 9. The Morgan fingerprint density at radius 1 is 1.11 bits per heavy atom. The predicted octanol–water partition coefficient (Wildman–Crippen LogP) is 4.19. The highest BCUT2D eigenvalue weighted by Crippen LogP contribution is 2.37. The molecule has 240 valence electrons. The van der Waals surface area contributed by atoms with Crippen LogP contribution in [-0.2, 0) is 25.5 Å². The number of benzene rings is 2. The van der Waals surface area contributed by atoms with E-state index in [0.717, 1.165) is 11.3 Å². The number of methoxy groups -OCH3 is 2. The smallest absolute Gasteiger partial charge is 0.338 e. The summed E-state index contributed by atoms with van der Waals surface area (Å²) in [4.78, 5) is 53.3. The van der Waals surface area contributed by atoms with E-state index in [9.17, 15) is 18.8 Å². The number of anilines is 1. The molecule has 3 aliphatic rings. The normalized spacial score (nSPS) is 19.9. The summed E-state index contributed by atoms with van der Waals surface area (Å²) in [6.45, 7) is 2.52. The Labute approximate surface area is 274 Å². The third kappa shape index (κ3) is 6.48. The molecule has 6 rings (SSSR count). The molecule has 1 aromatic heterocycles. The monoisotopic (exact) mass is 666 g/mol. The van der Waals surface area contributed by atoms with Crippen LogP contribution in [0.5, 0.6) is 0 Å². The molecular weight excluding hydrogens is 635 g/mol. The number of amidine groups is 1. The Hall–Kier alpha value is -4.33. The van der Waals surface area contributed by atoms with Crippen LogP contribution in [-0.4, -0.2) is 91.6 Å².